The molecule has 1 N–H and O–H groups in total. The van der Waals surface area contributed by atoms with Gasteiger partial charge >= 0.3 is 0 Å². The van der Waals surface area contributed by atoms with E-state index in [2.05, 4.69) is 28.2 Å². The molecule has 0 aliphatic heterocycles. The number of anilines is 1. The van der Waals surface area contributed by atoms with Gasteiger partial charge in [-0.25, -0.2) is 4.98 Å². The van der Waals surface area contributed by atoms with Crippen LogP contribution in [0.4, 0.5) is 11.6 Å². The predicted octanol–water partition coefficient (Wildman–Crippen LogP) is 3.62. The first kappa shape index (κ1) is 16.7. The summed E-state index contributed by atoms with van der Waals surface area (Å²) >= 11 is 0. The first-order valence-electron chi connectivity index (χ1n) is 8.39. The van der Waals surface area contributed by atoms with Crippen molar-refractivity contribution in [2.24, 2.45) is 0 Å². The zero-order valence-corrected chi connectivity index (χ0v) is 14.5. The Balaban J connectivity index is 1.72. The molecule has 0 aliphatic carbocycles. The Morgan fingerprint density at radius 3 is 2.67 bits per heavy atom. The standard InChI is InChI=1S/C20H16N4O3/c1-23(12-14-7-4-6-13-5-2-3-8-16(13)14)20-21-18-10-9-15(24(26)27)11-17(18)19(25)22-20/h2-11H,12H2,1H3,(H,21,22,25). The summed E-state index contributed by atoms with van der Waals surface area (Å²) in [5, 5.41) is 13.4. The number of nitrogens with one attached hydrogen (secondary N) is 1. The van der Waals surface area contributed by atoms with Crippen molar-refractivity contribution in [3.63, 3.8) is 0 Å². The maximum absolute atomic E-state index is 12.4. The van der Waals surface area contributed by atoms with Gasteiger partial charge in [0.25, 0.3) is 11.2 Å². The van der Waals surface area contributed by atoms with Crippen molar-refractivity contribution < 1.29 is 4.92 Å². The SMILES string of the molecule is CN(Cc1cccc2ccccc12)c1nc2ccc([N+](=O)[O-])cc2c(=O)[nH]1. The highest BCUT2D eigenvalue weighted by Gasteiger charge is 2.13. The van der Waals surface area contributed by atoms with Crippen LogP contribution in [-0.4, -0.2) is 21.9 Å². The Morgan fingerprint density at radius 1 is 1.07 bits per heavy atom. The van der Waals surface area contributed by atoms with Crippen molar-refractivity contribution in [2.45, 2.75) is 6.54 Å². The number of benzene rings is 3. The maximum Gasteiger partial charge on any atom is 0.270 e. The predicted molar refractivity (Wildman–Crippen MR) is 105 cm³/mol. The molecule has 0 bridgehead atoms. The van der Waals surface area contributed by atoms with E-state index >= 15 is 0 Å². The van der Waals surface area contributed by atoms with E-state index in [0.717, 1.165) is 16.3 Å². The van der Waals surface area contributed by atoms with Gasteiger partial charge in [-0.1, -0.05) is 42.5 Å². The average molecular weight is 360 g/mol. The molecule has 0 fully saturated rings. The van der Waals surface area contributed by atoms with Crippen LogP contribution >= 0.6 is 0 Å². The molecule has 0 radical (unpaired) electrons. The average Bonchev–Trinajstić information content (AvgIpc) is 2.68. The van der Waals surface area contributed by atoms with Crippen molar-refractivity contribution in [3.05, 3.63) is 86.7 Å². The number of hydrogen-bond acceptors (Lipinski definition) is 5. The summed E-state index contributed by atoms with van der Waals surface area (Å²) in [5.74, 6) is 0.411. The minimum atomic E-state index is -0.528. The molecule has 1 aromatic heterocycles. The molecule has 134 valence electrons. The van der Waals surface area contributed by atoms with Crippen molar-refractivity contribution in [1.29, 1.82) is 0 Å². The number of hydrogen-bond donors (Lipinski definition) is 1. The molecule has 7 heteroatoms. The zero-order chi connectivity index (χ0) is 19.0. The number of nitrogens with zero attached hydrogens (tertiary/aromatic N) is 3. The highest BCUT2D eigenvalue weighted by Crippen LogP contribution is 2.22. The number of aromatic nitrogens is 2. The Hall–Kier alpha value is -3.74. The van der Waals surface area contributed by atoms with E-state index in [4.69, 9.17) is 0 Å². The van der Waals surface area contributed by atoms with Gasteiger partial charge in [0.2, 0.25) is 5.95 Å². The number of fused-ring (bicyclic) bond motifs is 2. The summed E-state index contributed by atoms with van der Waals surface area (Å²) in [5.41, 5.74) is 1.00. The summed E-state index contributed by atoms with van der Waals surface area (Å²) in [6.07, 6.45) is 0. The van der Waals surface area contributed by atoms with E-state index in [-0.39, 0.29) is 11.1 Å². The first-order chi connectivity index (χ1) is 13.0. The smallest absolute Gasteiger partial charge is 0.270 e. The minimum Gasteiger partial charge on any atom is -0.341 e. The fourth-order valence-electron chi connectivity index (χ4n) is 3.17. The molecule has 0 unspecified atom stereocenters. The molecule has 0 amide bonds. The molecule has 27 heavy (non-hydrogen) atoms. The maximum atomic E-state index is 12.4. The lowest BCUT2D eigenvalue weighted by atomic mass is 10.0. The van der Waals surface area contributed by atoms with Crippen LogP contribution in [0.5, 0.6) is 0 Å². The molecule has 0 aliphatic rings. The van der Waals surface area contributed by atoms with Crippen molar-refractivity contribution in [1.82, 2.24) is 9.97 Å². The van der Waals surface area contributed by atoms with Crippen LogP contribution in [0.1, 0.15) is 5.56 Å². The monoisotopic (exact) mass is 360 g/mol. The van der Waals surface area contributed by atoms with E-state index in [1.54, 1.807) is 0 Å². The van der Waals surface area contributed by atoms with Gasteiger partial charge in [0, 0.05) is 25.7 Å². The Morgan fingerprint density at radius 2 is 1.85 bits per heavy atom. The Bertz CT molecular complexity index is 1230. The molecule has 7 nitrogen and oxygen atoms in total. The summed E-state index contributed by atoms with van der Waals surface area (Å²) in [4.78, 5) is 31.8. The van der Waals surface area contributed by atoms with Crippen LogP contribution in [0.3, 0.4) is 0 Å². The third-order valence-electron chi connectivity index (χ3n) is 4.54. The van der Waals surface area contributed by atoms with Gasteiger partial charge in [-0.05, 0) is 22.4 Å². The molecule has 4 rings (SSSR count). The van der Waals surface area contributed by atoms with Crippen LogP contribution in [0, 0.1) is 10.1 Å². The van der Waals surface area contributed by atoms with Crippen LogP contribution in [0.2, 0.25) is 0 Å². The second kappa shape index (κ2) is 6.53. The summed E-state index contributed by atoms with van der Waals surface area (Å²) in [6.45, 7) is 0.558. The minimum absolute atomic E-state index is 0.133. The molecule has 3 aromatic carbocycles. The third kappa shape index (κ3) is 3.10. The lowest BCUT2D eigenvalue weighted by molar-refractivity contribution is -0.384. The van der Waals surface area contributed by atoms with E-state index < -0.39 is 10.5 Å². The molecular formula is C20H16N4O3. The van der Waals surface area contributed by atoms with Crippen LogP contribution < -0.4 is 10.5 Å². The normalized spacial score (nSPS) is 11.0. The van der Waals surface area contributed by atoms with Gasteiger partial charge in [-0.3, -0.25) is 19.9 Å². The van der Waals surface area contributed by atoms with E-state index in [1.807, 2.05) is 36.2 Å². The van der Waals surface area contributed by atoms with E-state index in [1.165, 1.54) is 18.2 Å². The van der Waals surface area contributed by atoms with Gasteiger partial charge in [-0.15, -0.1) is 0 Å². The fraction of sp³-hybridized carbons (Fsp3) is 0.100. The van der Waals surface area contributed by atoms with Crippen LogP contribution in [-0.2, 0) is 6.54 Å². The van der Waals surface area contributed by atoms with Gasteiger partial charge in [-0.2, -0.15) is 0 Å². The second-order valence-corrected chi connectivity index (χ2v) is 6.34. The van der Waals surface area contributed by atoms with Gasteiger partial charge < -0.3 is 4.90 Å². The van der Waals surface area contributed by atoms with Crippen molar-refractivity contribution in [2.75, 3.05) is 11.9 Å². The Kier molecular flexibility index (Phi) is 4.04. The second-order valence-electron chi connectivity index (χ2n) is 6.34. The highest BCUT2D eigenvalue weighted by atomic mass is 16.6. The Labute approximate surface area is 154 Å². The van der Waals surface area contributed by atoms with Crippen LogP contribution in [0.25, 0.3) is 21.7 Å². The number of non-ortho nitro benzene ring substituents is 1. The number of rotatable bonds is 4. The molecular weight excluding hydrogens is 344 g/mol. The topological polar surface area (TPSA) is 92.1 Å². The molecule has 1 heterocycles. The number of H-pyrrole nitrogens is 1. The summed E-state index contributed by atoms with van der Waals surface area (Å²) < 4.78 is 0. The molecule has 0 saturated carbocycles. The summed E-state index contributed by atoms with van der Waals surface area (Å²) in [7, 11) is 1.84. The van der Waals surface area contributed by atoms with Gasteiger partial charge in [0.05, 0.1) is 15.8 Å². The van der Waals surface area contributed by atoms with Crippen molar-refractivity contribution >= 4 is 33.3 Å². The quantitative estimate of drug-likeness (QED) is 0.443. The van der Waals surface area contributed by atoms with E-state index in [0.29, 0.717) is 18.0 Å². The first-order valence-corrected chi connectivity index (χ1v) is 8.39. The number of nitro groups is 1. The van der Waals surface area contributed by atoms with Crippen LogP contribution in [0.15, 0.2) is 65.5 Å². The van der Waals surface area contributed by atoms with Gasteiger partial charge in [0.1, 0.15) is 0 Å². The lowest BCUT2D eigenvalue weighted by Crippen LogP contribution is -2.23. The molecule has 4 aromatic rings. The fourth-order valence-corrected chi connectivity index (χ4v) is 3.17. The number of aromatic amines is 1. The molecule has 0 atom stereocenters. The number of nitro benzene ring substituents is 1. The molecule has 0 spiro atoms. The lowest BCUT2D eigenvalue weighted by Gasteiger charge is -2.19. The molecule has 0 saturated heterocycles. The van der Waals surface area contributed by atoms with Gasteiger partial charge in [0.15, 0.2) is 0 Å². The highest BCUT2D eigenvalue weighted by molar-refractivity contribution is 5.86. The zero-order valence-electron chi connectivity index (χ0n) is 14.5. The van der Waals surface area contributed by atoms with Crippen molar-refractivity contribution in [3.8, 4) is 0 Å². The third-order valence-corrected chi connectivity index (χ3v) is 4.54. The van der Waals surface area contributed by atoms with E-state index in [9.17, 15) is 14.9 Å². The largest absolute Gasteiger partial charge is 0.341 e. The summed E-state index contributed by atoms with van der Waals surface area (Å²) in [6, 6.07) is 18.3.